The third-order valence-electron chi connectivity index (χ3n) is 5.14. The highest BCUT2D eigenvalue weighted by Gasteiger charge is 2.45. The van der Waals surface area contributed by atoms with Crippen molar-refractivity contribution in [3.8, 4) is 0 Å². The van der Waals surface area contributed by atoms with Crippen molar-refractivity contribution in [3.05, 3.63) is 108 Å². The van der Waals surface area contributed by atoms with E-state index in [1.54, 1.807) is 0 Å². The first-order valence-corrected chi connectivity index (χ1v) is 9.97. The van der Waals surface area contributed by atoms with Crippen LogP contribution in [0, 0.1) is 0 Å². The third-order valence-corrected chi connectivity index (χ3v) is 5.14. The molecule has 1 saturated heterocycles. The van der Waals surface area contributed by atoms with Crippen LogP contribution in [0.3, 0.4) is 0 Å². The number of ether oxygens (including phenoxy) is 3. The number of aliphatic hydroxyl groups excluding tert-OH is 1. The van der Waals surface area contributed by atoms with Crippen molar-refractivity contribution in [2.24, 2.45) is 0 Å². The zero-order valence-electron chi connectivity index (χ0n) is 16.3. The summed E-state index contributed by atoms with van der Waals surface area (Å²) in [7, 11) is 0. The van der Waals surface area contributed by atoms with Crippen LogP contribution in [0.15, 0.2) is 91.0 Å². The first kappa shape index (κ1) is 19.8. The van der Waals surface area contributed by atoms with E-state index in [0.717, 1.165) is 16.7 Å². The van der Waals surface area contributed by atoms with Gasteiger partial charge in [0.05, 0.1) is 19.8 Å². The predicted octanol–water partition coefficient (Wildman–Crippen LogP) is 4.29. The Bertz CT molecular complexity index is 854. The molecule has 0 amide bonds. The van der Waals surface area contributed by atoms with Gasteiger partial charge in [0, 0.05) is 0 Å². The van der Waals surface area contributed by atoms with Gasteiger partial charge in [-0.1, -0.05) is 91.0 Å². The van der Waals surface area contributed by atoms with E-state index < -0.39 is 18.3 Å². The topological polar surface area (TPSA) is 47.9 Å². The van der Waals surface area contributed by atoms with Gasteiger partial charge in [0.15, 0.2) is 0 Å². The molecule has 3 aromatic carbocycles. The number of hydrogen-bond acceptors (Lipinski definition) is 4. The van der Waals surface area contributed by atoms with Gasteiger partial charge in [-0.3, -0.25) is 0 Å². The van der Waals surface area contributed by atoms with Gasteiger partial charge in [-0.2, -0.15) is 0 Å². The molecule has 4 rings (SSSR count). The Labute approximate surface area is 171 Å². The highest BCUT2D eigenvalue weighted by atomic mass is 16.6. The van der Waals surface area contributed by atoms with E-state index in [0.29, 0.717) is 19.8 Å². The summed E-state index contributed by atoms with van der Waals surface area (Å²) in [4.78, 5) is 0. The minimum atomic E-state index is -0.758. The molecule has 150 valence electrons. The lowest BCUT2D eigenvalue weighted by Crippen LogP contribution is -2.36. The van der Waals surface area contributed by atoms with E-state index >= 15 is 0 Å². The van der Waals surface area contributed by atoms with Gasteiger partial charge >= 0.3 is 0 Å². The van der Waals surface area contributed by atoms with E-state index in [1.807, 2.05) is 91.0 Å². The van der Waals surface area contributed by atoms with E-state index in [1.165, 1.54) is 0 Å². The molecular weight excluding hydrogens is 364 g/mol. The summed E-state index contributed by atoms with van der Waals surface area (Å²) in [6, 6.07) is 29.8. The molecule has 1 aliphatic heterocycles. The highest BCUT2D eigenvalue weighted by Crippen LogP contribution is 2.35. The molecule has 0 radical (unpaired) electrons. The van der Waals surface area contributed by atoms with Crippen molar-refractivity contribution in [2.75, 3.05) is 6.61 Å². The monoisotopic (exact) mass is 390 g/mol. The quantitative estimate of drug-likeness (QED) is 0.623. The standard InChI is InChI=1S/C25H26O4/c26-23-24(21-14-8-3-9-15-21)29-22(18-27-16-19-10-4-1-5-11-19)25(23)28-17-20-12-6-2-7-13-20/h1-15,22-26H,16-18H2/t22-,23+,24-,25+/m1/s1. The van der Waals surface area contributed by atoms with Crippen LogP contribution in [0.25, 0.3) is 0 Å². The van der Waals surface area contributed by atoms with Gasteiger partial charge in [0.25, 0.3) is 0 Å². The molecule has 0 saturated carbocycles. The van der Waals surface area contributed by atoms with Crippen molar-refractivity contribution in [2.45, 2.75) is 37.6 Å². The largest absolute Gasteiger partial charge is 0.387 e. The van der Waals surface area contributed by atoms with E-state index in [2.05, 4.69) is 0 Å². The minimum absolute atomic E-state index is 0.345. The first-order chi connectivity index (χ1) is 14.3. The average Bonchev–Trinajstić information content (AvgIpc) is 3.09. The van der Waals surface area contributed by atoms with E-state index in [4.69, 9.17) is 14.2 Å². The van der Waals surface area contributed by atoms with Crippen LogP contribution >= 0.6 is 0 Å². The van der Waals surface area contributed by atoms with Crippen LogP contribution in [0.2, 0.25) is 0 Å². The van der Waals surface area contributed by atoms with Crippen LogP contribution < -0.4 is 0 Å². The maximum atomic E-state index is 11.0. The van der Waals surface area contributed by atoms with E-state index in [-0.39, 0.29) is 6.10 Å². The lowest BCUT2D eigenvalue weighted by molar-refractivity contribution is -0.0769. The van der Waals surface area contributed by atoms with Crippen LogP contribution in [0.1, 0.15) is 22.8 Å². The van der Waals surface area contributed by atoms with Crippen molar-refractivity contribution in [1.29, 1.82) is 0 Å². The number of aliphatic hydroxyl groups is 1. The second kappa shape index (κ2) is 9.81. The number of hydrogen-bond donors (Lipinski definition) is 1. The highest BCUT2D eigenvalue weighted by molar-refractivity contribution is 5.21. The summed E-state index contributed by atoms with van der Waals surface area (Å²) < 4.78 is 18.2. The normalized spacial score (nSPS) is 23.9. The number of benzene rings is 3. The lowest BCUT2D eigenvalue weighted by atomic mass is 10.0. The molecule has 1 heterocycles. The Morgan fingerprint density at radius 3 is 1.90 bits per heavy atom. The Hall–Kier alpha value is -2.50. The fraction of sp³-hybridized carbons (Fsp3) is 0.280. The van der Waals surface area contributed by atoms with Gasteiger partial charge in [-0.25, -0.2) is 0 Å². The van der Waals surface area contributed by atoms with Crippen LogP contribution in [-0.4, -0.2) is 30.0 Å². The molecule has 0 aromatic heterocycles. The number of rotatable bonds is 8. The fourth-order valence-electron chi connectivity index (χ4n) is 3.63. The van der Waals surface area contributed by atoms with Gasteiger partial charge in [-0.05, 0) is 16.7 Å². The maximum absolute atomic E-state index is 11.0. The zero-order chi connectivity index (χ0) is 19.9. The van der Waals surface area contributed by atoms with Crippen molar-refractivity contribution in [1.82, 2.24) is 0 Å². The lowest BCUT2D eigenvalue weighted by Gasteiger charge is -2.21. The average molecular weight is 390 g/mol. The molecule has 4 atom stereocenters. The van der Waals surface area contributed by atoms with Crippen LogP contribution in [-0.2, 0) is 27.4 Å². The predicted molar refractivity (Wildman–Crippen MR) is 111 cm³/mol. The summed E-state index contributed by atoms with van der Waals surface area (Å²) in [6.07, 6.45) is -1.99. The Balaban J connectivity index is 1.43. The summed E-state index contributed by atoms with van der Waals surface area (Å²) in [5, 5.41) is 11.0. The van der Waals surface area contributed by atoms with Gasteiger partial charge in [0.1, 0.15) is 24.4 Å². The Kier molecular flexibility index (Phi) is 6.70. The van der Waals surface area contributed by atoms with Crippen molar-refractivity contribution in [3.63, 3.8) is 0 Å². The summed E-state index contributed by atoms with van der Waals surface area (Å²) in [5.41, 5.74) is 3.11. The second-order valence-electron chi connectivity index (χ2n) is 7.26. The Morgan fingerprint density at radius 1 is 0.724 bits per heavy atom. The molecule has 0 unspecified atom stereocenters. The maximum Gasteiger partial charge on any atom is 0.115 e. The van der Waals surface area contributed by atoms with E-state index in [9.17, 15) is 5.11 Å². The Morgan fingerprint density at radius 2 is 1.28 bits per heavy atom. The van der Waals surface area contributed by atoms with Crippen LogP contribution in [0.4, 0.5) is 0 Å². The second-order valence-corrected chi connectivity index (χ2v) is 7.26. The molecule has 0 aliphatic carbocycles. The van der Waals surface area contributed by atoms with Crippen LogP contribution in [0.5, 0.6) is 0 Å². The molecule has 1 N–H and O–H groups in total. The van der Waals surface area contributed by atoms with Gasteiger partial charge in [-0.15, -0.1) is 0 Å². The van der Waals surface area contributed by atoms with Gasteiger partial charge < -0.3 is 19.3 Å². The van der Waals surface area contributed by atoms with Crippen molar-refractivity contribution >= 4 is 0 Å². The minimum Gasteiger partial charge on any atom is -0.387 e. The summed E-state index contributed by atoms with van der Waals surface area (Å²) in [6.45, 7) is 1.27. The molecule has 4 heteroatoms. The van der Waals surface area contributed by atoms with Gasteiger partial charge in [0.2, 0.25) is 0 Å². The fourth-order valence-corrected chi connectivity index (χ4v) is 3.63. The summed E-state index contributed by atoms with van der Waals surface area (Å²) >= 11 is 0. The molecule has 29 heavy (non-hydrogen) atoms. The molecule has 4 nitrogen and oxygen atoms in total. The zero-order valence-corrected chi connectivity index (χ0v) is 16.3. The molecule has 3 aromatic rings. The molecule has 0 spiro atoms. The third kappa shape index (κ3) is 5.11. The SMILES string of the molecule is O[C@@H]1[C@@H](OCc2ccccc2)[C@@H](COCc2ccccc2)O[C@@H]1c1ccccc1. The smallest absolute Gasteiger partial charge is 0.115 e. The molecular formula is C25H26O4. The summed E-state index contributed by atoms with van der Waals surface area (Å²) in [5.74, 6) is 0. The molecule has 1 fully saturated rings. The first-order valence-electron chi connectivity index (χ1n) is 9.97. The molecule has 1 aliphatic rings. The van der Waals surface area contributed by atoms with Crippen molar-refractivity contribution < 1.29 is 19.3 Å². The molecule has 0 bridgehead atoms.